The van der Waals surface area contributed by atoms with Gasteiger partial charge in [0.25, 0.3) is 0 Å². The number of anilines is 2. The van der Waals surface area contributed by atoms with Crippen LogP contribution < -0.4 is 14.5 Å². The zero-order valence-electron chi connectivity index (χ0n) is 25.5. The second-order valence-corrected chi connectivity index (χ2v) is 13.4. The molecule has 240 valence electrons. The molecule has 3 fully saturated rings. The van der Waals surface area contributed by atoms with Crippen molar-refractivity contribution in [1.29, 1.82) is 0 Å². The van der Waals surface area contributed by atoms with Crippen LogP contribution in [-0.2, 0) is 21.8 Å². The number of rotatable bonds is 9. The summed E-state index contributed by atoms with van der Waals surface area (Å²) in [6, 6.07) is 22.1. The number of nitrogens with zero attached hydrogens (tertiary/aromatic N) is 7. The molecule has 0 spiro atoms. The van der Waals surface area contributed by atoms with Crippen LogP contribution in [0.2, 0.25) is 10.0 Å². The van der Waals surface area contributed by atoms with Gasteiger partial charge in [-0.05, 0) is 60.7 Å². The molecule has 0 N–H and O–H groups in total. The first-order valence-corrected chi connectivity index (χ1v) is 17.0. The highest BCUT2D eigenvalue weighted by atomic mass is 35.5. The Morgan fingerprint density at radius 1 is 0.957 bits per heavy atom. The van der Waals surface area contributed by atoms with E-state index in [4.69, 9.17) is 42.4 Å². The molecule has 10 nitrogen and oxygen atoms in total. The van der Waals surface area contributed by atoms with Crippen LogP contribution in [-0.4, -0.2) is 89.7 Å². The van der Waals surface area contributed by atoms with Crippen LogP contribution in [0.15, 0.2) is 84.4 Å². The third-order valence-corrected chi connectivity index (χ3v) is 9.97. The van der Waals surface area contributed by atoms with Gasteiger partial charge < -0.3 is 28.9 Å². The second-order valence-electron chi connectivity index (χ2n) is 11.5. The number of aliphatic imine (C=N–C) groups is 1. The molecule has 3 aromatic carbocycles. The predicted octanol–water partition coefficient (Wildman–Crippen LogP) is 5.93. The number of thioether (sulfide) groups is 1. The lowest BCUT2D eigenvalue weighted by Gasteiger charge is -2.37. The molecule has 0 bridgehead atoms. The maximum atomic E-state index is 6.58. The largest absolute Gasteiger partial charge is 0.491 e. The molecule has 0 amide bonds. The first-order chi connectivity index (χ1) is 22.4. The lowest BCUT2D eigenvalue weighted by Crippen LogP contribution is -2.46. The molecule has 0 unspecified atom stereocenters. The average molecular weight is 681 g/mol. The van der Waals surface area contributed by atoms with E-state index in [2.05, 4.69) is 68.2 Å². The first-order valence-electron chi connectivity index (χ1n) is 15.3. The Morgan fingerprint density at radius 3 is 2.30 bits per heavy atom. The zero-order chi connectivity index (χ0) is 31.5. The third kappa shape index (κ3) is 6.94. The summed E-state index contributed by atoms with van der Waals surface area (Å²) >= 11 is 14.6. The highest BCUT2D eigenvalue weighted by Crippen LogP contribution is 2.40. The topological polar surface area (TPSA) is 80.5 Å². The normalized spacial score (nSPS) is 22.6. The first kappa shape index (κ1) is 31.1. The van der Waals surface area contributed by atoms with Crippen LogP contribution in [0.5, 0.6) is 5.75 Å². The molecular weight excluding hydrogens is 645 g/mol. The molecule has 3 aliphatic rings. The van der Waals surface area contributed by atoms with Gasteiger partial charge in [-0.2, -0.15) is 5.10 Å². The van der Waals surface area contributed by atoms with Crippen LogP contribution >= 0.6 is 35.0 Å². The van der Waals surface area contributed by atoms with E-state index in [0.717, 1.165) is 55.1 Å². The van der Waals surface area contributed by atoms with Crippen molar-refractivity contribution < 1.29 is 14.2 Å². The summed E-state index contributed by atoms with van der Waals surface area (Å²) in [4.78, 5) is 15.9. The number of benzene rings is 3. The number of hydrogen-bond acceptors (Lipinski definition) is 9. The fraction of sp³-hybridized carbons (Fsp3) is 0.364. The molecular formula is C33H35Cl2N7O3S. The van der Waals surface area contributed by atoms with Crippen LogP contribution in [0.1, 0.15) is 5.56 Å². The molecule has 2 atom stereocenters. The van der Waals surface area contributed by atoms with Crippen LogP contribution in [0.4, 0.5) is 17.1 Å². The predicted molar refractivity (Wildman–Crippen MR) is 184 cm³/mol. The van der Waals surface area contributed by atoms with Gasteiger partial charge in [0.2, 0.25) is 5.79 Å². The van der Waals surface area contributed by atoms with Gasteiger partial charge in [0.1, 0.15) is 37.7 Å². The van der Waals surface area contributed by atoms with E-state index >= 15 is 0 Å². The summed E-state index contributed by atoms with van der Waals surface area (Å²) < 4.78 is 20.5. The Bertz CT molecular complexity index is 1650. The van der Waals surface area contributed by atoms with Gasteiger partial charge >= 0.3 is 0 Å². The molecule has 3 aliphatic heterocycles. The maximum Gasteiger partial charge on any atom is 0.217 e. The van der Waals surface area contributed by atoms with Crippen LogP contribution in [0, 0.1) is 0 Å². The van der Waals surface area contributed by atoms with E-state index in [0.29, 0.717) is 28.8 Å². The minimum atomic E-state index is -1.14. The SMILES string of the molecule is CN1CCSC1=Nc1ccc(N2CCN(c3ccc(OC[C@@H]4CO[C@@](Cn5cncn5)(c5ccc(Cl)cc5Cl)O4)cc3)CC2)cc1. The van der Waals surface area contributed by atoms with Crippen LogP contribution in [0.3, 0.4) is 0 Å². The quantitative estimate of drug-likeness (QED) is 0.214. The number of aromatic nitrogens is 3. The van der Waals surface area contributed by atoms with Gasteiger partial charge in [0, 0.05) is 67.5 Å². The van der Waals surface area contributed by atoms with Crippen molar-refractivity contribution >= 4 is 57.2 Å². The maximum absolute atomic E-state index is 6.58. The fourth-order valence-electron chi connectivity index (χ4n) is 5.89. The van der Waals surface area contributed by atoms with Gasteiger partial charge in [0.15, 0.2) is 5.17 Å². The number of ether oxygens (including phenoxy) is 3. The smallest absolute Gasteiger partial charge is 0.217 e. The molecule has 4 heterocycles. The summed E-state index contributed by atoms with van der Waals surface area (Å²) in [5, 5.41) is 6.33. The Hall–Kier alpha value is -3.48. The highest BCUT2D eigenvalue weighted by molar-refractivity contribution is 8.14. The highest BCUT2D eigenvalue weighted by Gasteiger charge is 2.45. The minimum absolute atomic E-state index is 0.282. The van der Waals surface area contributed by atoms with Gasteiger partial charge in [-0.1, -0.05) is 41.0 Å². The lowest BCUT2D eigenvalue weighted by molar-refractivity contribution is -0.190. The Labute approximate surface area is 282 Å². The van der Waals surface area contributed by atoms with Gasteiger partial charge in [-0.25, -0.2) is 14.7 Å². The number of hydrogen-bond donors (Lipinski definition) is 0. The number of halogens is 2. The van der Waals surface area contributed by atoms with Crippen LogP contribution in [0.25, 0.3) is 0 Å². The molecule has 13 heteroatoms. The third-order valence-electron chi connectivity index (χ3n) is 8.38. The van der Waals surface area contributed by atoms with Crippen molar-refractivity contribution in [2.24, 2.45) is 4.99 Å². The molecule has 0 saturated carbocycles. The van der Waals surface area contributed by atoms with Crippen molar-refractivity contribution in [3.8, 4) is 5.75 Å². The average Bonchev–Trinajstić information content (AvgIpc) is 3.84. The summed E-state index contributed by atoms with van der Waals surface area (Å²) in [5.41, 5.74) is 4.10. The Kier molecular flexibility index (Phi) is 9.28. The summed E-state index contributed by atoms with van der Waals surface area (Å²) in [6.45, 7) is 5.80. The van der Waals surface area contributed by atoms with Gasteiger partial charge in [0.05, 0.1) is 17.3 Å². The molecule has 7 rings (SSSR count). The number of amidine groups is 1. The molecule has 1 aromatic heterocycles. The van der Waals surface area contributed by atoms with Crippen molar-refractivity contribution in [2.45, 2.75) is 18.4 Å². The van der Waals surface area contributed by atoms with Crippen molar-refractivity contribution in [3.63, 3.8) is 0 Å². The molecule has 4 aromatic rings. The zero-order valence-corrected chi connectivity index (χ0v) is 27.8. The molecule has 0 radical (unpaired) electrons. The van der Waals surface area contributed by atoms with Crippen molar-refractivity contribution in [1.82, 2.24) is 19.7 Å². The summed E-state index contributed by atoms with van der Waals surface area (Å²) in [7, 11) is 2.10. The Morgan fingerprint density at radius 2 is 1.67 bits per heavy atom. The van der Waals surface area contributed by atoms with E-state index in [1.807, 2.05) is 30.0 Å². The second kappa shape index (κ2) is 13.7. The minimum Gasteiger partial charge on any atom is -0.491 e. The van der Waals surface area contributed by atoms with E-state index in [9.17, 15) is 0 Å². The van der Waals surface area contributed by atoms with Gasteiger partial charge in [-0.15, -0.1) is 0 Å². The number of piperazine rings is 1. The monoisotopic (exact) mass is 679 g/mol. The van der Waals surface area contributed by atoms with Gasteiger partial charge in [-0.3, -0.25) is 0 Å². The summed E-state index contributed by atoms with van der Waals surface area (Å²) in [6.07, 6.45) is 2.78. The molecule has 46 heavy (non-hydrogen) atoms. The van der Waals surface area contributed by atoms with E-state index in [-0.39, 0.29) is 12.6 Å². The molecule has 0 aliphatic carbocycles. The fourth-order valence-corrected chi connectivity index (χ4v) is 7.48. The van der Waals surface area contributed by atoms with E-state index in [1.165, 1.54) is 17.7 Å². The lowest BCUT2D eigenvalue weighted by atomic mass is 10.1. The molecule has 3 saturated heterocycles. The standard InChI is InChI=1S/C33H35Cl2N7O3S/c1-39-16-17-46-32(39)38-25-3-5-26(6-4-25)40-12-14-41(15-13-40)27-7-9-28(10-8-27)43-19-29-20-44-33(45-29,21-42-23-36-22-37-42)30-11-2-24(34)18-31(30)35/h2-11,18,22-23,29H,12-17,19-21H2,1H3/t29-,33-/m1/s1. The van der Waals surface area contributed by atoms with Crippen molar-refractivity contribution in [2.75, 3.05) is 68.5 Å². The van der Waals surface area contributed by atoms with Crippen molar-refractivity contribution in [3.05, 3.63) is 95.0 Å². The van der Waals surface area contributed by atoms with E-state index in [1.54, 1.807) is 23.1 Å². The Balaban J connectivity index is 0.921. The van der Waals surface area contributed by atoms with E-state index < -0.39 is 5.79 Å². The summed E-state index contributed by atoms with van der Waals surface area (Å²) in [5.74, 6) is 0.736.